The Labute approximate surface area is 75.6 Å². The number of aliphatic hydroxyl groups is 1. The highest BCUT2D eigenvalue weighted by molar-refractivity contribution is 5.84. The van der Waals surface area contributed by atoms with Crippen LogP contribution in [0, 0.1) is 0 Å². The van der Waals surface area contributed by atoms with E-state index in [0.29, 0.717) is 0 Å². The van der Waals surface area contributed by atoms with Crippen molar-refractivity contribution in [1.29, 1.82) is 0 Å². The molecule has 0 aromatic carbocycles. The summed E-state index contributed by atoms with van der Waals surface area (Å²) in [5.74, 6) is -1.23. The van der Waals surface area contributed by atoms with E-state index in [4.69, 9.17) is 10.2 Å². The molecule has 13 heavy (non-hydrogen) atoms. The minimum absolute atomic E-state index is 0.167. The summed E-state index contributed by atoms with van der Waals surface area (Å²) in [6.07, 6.45) is -0.382. The summed E-state index contributed by atoms with van der Waals surface area (Å²) >= 11 is 0. The van der Waals surface area contributed by atoms with Gasteiger partial charge < -0.3 is 14.9 Å². The van der Waals surface area contributed by atoms with E-state index in [0.717, 1.165) is 0 Å². The fraction of sp³-hybridized carbons (Fsp3) is 0.500. The summed E-state index contributed by atoms with van der Waals surface area (Å²) in [6, 6.07) is 0. The number of hydrogen-bond acceptors (Lipinski definition) is 4. The molecule has 5 nitrogen and oxygen atoms in total. The van der Waals surface area contributed by atoms with Crippen molar-refractivity contribution in [2.24, 2.45) is 0 Å². The van der Waals surface area contributed by atoms with Gasteiger partial charge in [-0.2, -0.15) is 0 Å². The number of aliphatic hydroxyl groups excluding tert-OH is 1. The van der Waals surface area contributed by atoms with Crippen molar-refractivity contribution in [3.8, 4) is 0 Å². The molecule has 0 amide bonds. The molecule has 2 N–H and O–H groups in total. The van der Waals surface area contributed by atoms with E-state index in [9.17, 15) is 9.59 Å². The van der Waals surface area contributed by atoms with Gasteiger partial charge in [-0.1, -0.05) is 6.58 Å². The lowest BCUT2D eigenvalue weighted by molar-refractivity contribution is -0.138. The van der Waals surface area contributed by atoms with Crippen LogP contribution >= 0.6 is 0 Å². The minimum Gasteiger partial charge on any atom is -0.478 e. The van der Waals surface area contributed by atoms with Crippen LogP contribution in [0.4, 0.5) is 0 Å². The highest BCUT2D eigenvalue weighted by Gasteiger charge is 2.20. The number of hydrogen-bond donors (Lipinski definition) is 2. The maximum absolute atomic E-state index is 10.1. The average Bonchev–Trinajstić information content (AvgIpc) is 2.35. The molecule has 74 valence electrons. The number of esters is 1. The summed E-state index contributed by atoms with van der Waals surface area (Å²) in [6.45, 7) is 4.78. The van der Waals surface area contributed by atoms with Gasteiger partial charge >= 0.3 is 11.9 Å². The molecule has 1 aliphatic rings. The van der Waals surface area contributed by atoms with Crippen LogP contribution in [0.5, 0.6) is 0 Å². The molecule has 1 fully saturated rings. The number of cyclic esters (lactones) is 1. The standard InChI is InChI=1S/C4H6O3.C4H6O2/c5-3-1-4(6)7-2-3;1-3(2)4(5)6/h3,5H,1-2H2;1H2,2H3,(H,5,6). The van der Waals surface area contributed by atoms with Gasteiger partial charge in [0.25, 0.3) is 0 Å². The zero-order valence-electron chi connectivity index (χ0n) is 7.32. The van der Waals surface area contributed by atoms with E-state index in [2.05, 4.69) is 11.3 Å². The summed E-state index contributed by atoms with van der Waals surface area (Å²) < 4.78 is 4.38. The Balaban J connectivity index is 0.000000226. The van der Waals surface area contributed by atoms with E-state index in [1.165, 1.54) is 6.92 Å². The van der Waals surface area contributed by atoms with E-state index in [1.54, 1.807) is 0 Å². The number of carboxylic acids is 1. The van der Waals surface area contributed by atoms with Crippen LogP contribution in [0.1, 0.15) is 13.3 Å². The Morgan fingerprint density at radius 2 is 2.15 bits per heavy atom. The zero-order valence-corrected chi connectivity index (χ0v) is 7.32. The van der Waals surface area contributed by atoms with Gasteiger partial charge in [-0.15, -0.1) is 0 Å². The predicted octanol–water partition coefficient (Wildman–Crippen LogP) is -0.0587. The first-order valence-electron chi connectivity index (χ1n) is 3.66. The molecule has 0 spiro atoms. The lowest BCUT2D eigenvalue weighted by atomic mass is 10.3. The number of carboxylic acid groups (broad SMARTS) is 1. The van der Waals surface area contributed by atoms with Crippen molar-refractivity contribution in [3.05, 3.63) is 12.2 Å². The van der Waals surface area contributed by atoms with Crippen LogP contribution in [0.3, 0.4) is 0 Å². The molecule has 0 bridgehead atoms. The molecule has 1 rings (SSSR count). The van der Waals surface area contributed by atoms with Crippen molar-refractivity contribution in [1.82, 2.24) is 0 Å². The quantitative estimate of drug-likeness (QED) is 0.445. The molecule has 5 heteroatoms. The molecule has 0 aromatic heterocycles. The van der Waals surface area contributed by atoms with Crippen LogP contribution in [-0.2, 0) is 14.3 Å². The van der Waals surface area contributed by atoms with Crippen molar-refractivity contribution in [2.75, 3.05) is 6.61 Å². The second-order valence-corrected chi connectivity index (χ2v) is 2.63. The van der Waals surface area contributed by atoms with Gasteiger partial charge in [-0.25, -0.2) is 4.79 Å². The van der Waals surface area contributed by atoms with Crippen LogP contribution in [0.2, 0.25) is 0 Å². The molecule has 0 radical (unpaired) electrons. The highest BCUT2D eigenvalue weighted by Crippen LogP contribution is 2.03. The van der Waals surface area contributed by atoms with Crippen molar-refractivity contribution >= 4 is 11.9 Å². The Hall–Kier alpha value is -1.36. The number of carbonyl (C=O) groups excluding carboxylic acids is 1. The maximum Gasteiger partial charge on any atom is 0.330 e. The Morgan fingerprint density at radius 1 is 1.69 bits per heavy atom. The van der Waals surface area contributed by atoms with Gasteiger partial charge in [0.1, 0.15) is 6.61 Å². The van der Waals surface area contributed by atoms with Gasteiger partial charge in [0.05, 0.1) is 12.5 Å². The monoisotopic (exact) mass is 188 g/mol. The molecule has 1 unspecified atom stereocenters. The third-order valence-corrected chi connectivity index (χ3v) is 1.20. The lowest BCUT2D eigenvalue weighted by Gasteiger charge is -1.87. The van der Waals surface area contributed by atoms with Gasteiger partial charge in [0, 0.05) is 5.57 Å². The first kappa shape index (κ1) is 11.6. The number of carbonyl (C=O) groups is 2. The zero-order chi connectivity index (χ0) is 10.4. The van der Waals surface area contributed by atoms with Gasteiger partial charge in [0.15, 0.2) is 0 Å². The maximum atomic E-state index is 10.1. The van der Waals surface area contributed by atoms with Crippen LogP contribution in [0.25, 0.3) is 0 Å². The molecular formula is C8H12O5. The van der Waals surface area contributed by atoms with E-state index in [-0.39, 0.29) is 24.6 Å². The molecule has 1 atom stereocenters. The Morgan fingerprint density at radius 3 is 2.23 bits per heavy atom. The molecule has 1 saturated heterocycles. The van der Waals surface area contributed by atoms with Crippen LogP contribution < -0.4 is 0 Å². The second kappa shape index (κ2) is 5.31. The summed E-state index contributed by atoms with van der Waals surface area (Å²) in [5, 5.41) is 16.4. The van der Waals surface area contributed by atoms with Gasteiger partial charge in [0.2, 0.25) is 0 Å². The highest BCUT2D eigenvalue weighted by atomic mass is 16.6. The first-order chi connectivity index (χ1) is 5.93. The number of rotatable bonds is 1. The summed E-state index contributed by atoms with van der Waals surface area (Å²) in [4.78, 5) is 19.7. The molecule has 1 aliphatic heterocycles. The van der Waals surface area contributed by atoms with Crippen molar-refractivity contribution in [3.63, 3.8) is 0 Å². The van der Waals surface area contributed by atoms with E-state index < -0.39 is 12.1 Å². The van der Waals surface area contributed by atoms with Crippen molar-refractivity contribution in [2.45, 2.75) is 19.4 Å². The molecule has 0 saturated carbocycles. The smallest absolute Gasteiger partial charge is 0.330 e. The third kappa shape index (κ3) is 5.86. The summed E-state index contributed by atoms with van der Waals surface area (Å²) in [7, 11) is 0. The fourth-order valence-electron chi connectivity index (χ4n) is 0.499. The Kier molecular flexibility index (Phi) is 4.76. The van der Waals surface area contributed by atoms with Crippen LogP contribution in [0.15, 0.2) is 12.2 Å². The fourth-order valence-corrected chi connectivity index (χ4v) is 0.499. The summed E-state index contributed by atoms with van der Waals surface area (Å²) in [5.41, 5.74) is 0.176. The lowest BCUT2D eigenvalue weighted by Crippen LogP contribution is -2.02. The number of ether oxygens (including phenoxy) is 1. The van der Waals surface area contributed by atoms with E-state index >= 15 is 0 Å². The molecular weight excluding hydrogens is 176 g/mol. The first-order valence-corrected chi connectivity index (χ1v) is 3.66. The third-order valence-electron chi connectivity index (χ3n) is 1.20. The molecule has 0 aliphatic carbocycles. The second-order valence-electron chi connectivity index (χ2n) is 2.63. The normalized spacial score (nSPS) is 19.8. The Bertz CT molecular complexity index is 209. The minimum atomic E-state index is -0.935. The van der Waals surface area contributed by atoms with Crippen molar-refractivity contribution < 1.29 is 24.5 Å². The molecule has 1 heterocycles. The topological polar surface area (TPSA) is 83.8 Å². The van der Waals surface area contributed by atoms with Gasteiger partial charge in [-0.05, 0) is 6.92 Å². The number of aliphatic carboxylic acids is 1. The molecule has 0 aromatic rings. The van der Waals surface area contributed by atoms with Gasteiger partial charge in [-0.3, -0.25) is 4.79 Å². The van der Waals surface area contributed by atoms with E-state index in [1.807, 2.05) is 0 Å². The predicted molar refractivity (Wildman–Crippen MR) is 44.0 cm³/mol. The average molecular weight is 188 g/mol. The van der Waals surface area contributed by atoms with Crippen LogP contribution in [-0.4, -0.2) is 34.9 Å². The SMILES string of the molecule is C=C(C)C(=O)O.O=C1CC(O)CO1. The largest absolute Gasteiger partial charge is 0.478 e.